The van der Waals surface area contributed by atoms with Gasteiger partial charge in [0.1, 0.15) is 0 Å². The molecule has 0 spiro atoms. The Balaban J connectivity index is 1.10. The summed E-state index contributed by atoms with van der Waals surface area (Å²) < 4.78 is 1.84. The molecule has 2 heterocycles. The van der Waals surface area contributed by atoms with E-state index in [1.807, 2.05) is 29.9 Å². The highest BCUT2D eigenvalue weighted by atomic mass is 16.1. The zero-order valence-corrected chi connectivity index (χ0v) is 16.3. The average Bonchev–Trinajstić information content (AvgIpc) is 2.96. The molecule has 6 rings (SSSR count). The van der Waals surface area contributed by atoms with Crippen molar-refractivity contribution in [2.45, 2.75) is 64.7 Å². The summed E-state index contributed by atoms with van der Waals surface area (Å²) in [5, 5.41) is 7.61. The second-order valence-corrected chi connectivity index (χ2v) is 9.60. The van der Waals surface area contributed by atoms with Crippen LogP contribution in [0.1, 0.15) is 62.6 Å². The minimum Gasteiger partial charge on any atom is -0.356 e. The van der Waals surface area contributed by atoms with Gasteiger partial charge in [0.2, 0.25) is 5.91 Å². The van der Waals surface area contributed by atoms with Gasteiger partial charge in [0.15, 0.2) is 5.65 Å². The number of carbonyl (C=O) groups is 1. The Bertz CT molecular complexity index is 820. The van der Waals surface area contributed by atoms with Gasteiger partial charge in [-0.3, -0.25) is 4.79 Å². The van der Waals surface area contributed by atoms with E-state index >= 15 is 0 Å². The number of fused-ring (bicyclic) bond motifs is 1. The lowest BCUT2D eigenvalue weighted by Gasteiger charge is -2.56. The fourth-order valence-electron chi connectivity index (χ4n) is 6.59. The maximum atomic E-state index is 12.6. The van der Waals surface area contributed by atoms with Crippen molar-refractivity contribution in [3.05, 3.63) is 29.7 Å². The molecular weight excluding hydrogens is 336 g/mol. The van der Waals surface area contributed by atoms with Gasteiger partial charge in [0, 0.05) is 31.4 Å². The van der Waals surface area contributed by atoms with Crippen molar-refractivity contribution in [1.82, 2.24) is 19.9 Å². The lowest BCUT2D eigenvalue weighted by molar-refractivity contribution is -0.129. The molecule has 0 saturated heterocycles. The average molecular weight is 367 g/mol. The summed E-state index contributed by atoms with van der Waals surface area (Å²) >= 11 is 0. The lowest BCUT2D eigenvalue weighted by atomic mass is 9.49. The van der Waals surface area contributed by atoms with Gasteiger partial charge in [0.05, 0.1) is 5.69 Å². The summed E-state index contributed by atoms with van der Waals surface area (Å²) in [6.07, 6.45) is 14.8. The summed E-state index contributed by atoms with van der Waals surface area (Å²) in [7, 11) is 0. The highest BCUT2D eigenvalue weighted by Crippen LogP contribution is 2.61. The minimum atomic E-state index is 0.272. The molecule has 27 heavy (non-hydrogen) atoms. The summed E-state index contributed by atoms with van der Waals surface area (Å²) in [5.74, 6) is 3.01. The van der Waals surface area contributed by atoms with Gasteiger partial charge in [0.25, 0.3) is 0 Å². The van der Waals surface area contributed by atoms with Crippen LogP contribution in [0.15, 0.2) is 18.5 Å². The fraction of sp³-hybridized carbons (Fsp3) is 0.682. The number of rotatable bonds is 6. The first-order valence-corrected chi connectivity index (χ1v) is 10.6. The van der Waals surface area contributed by atoms with Crippen LogP contribution in [0.25, 0.3) is 5.65 Å². The van der Waals surface area contributed by atoms with E-state index in [0.717, 1.165) is 54.9 Å². The number of hydrogen-bond acceptors (Lipinski definition) is 3. The van der Waals surface area contributed by atoms with Crippen molar-refractivity contribution < 1.29 is 4.79 Å². The van der Waals surface area contributed by atoms with Gasteiger partial charge in [-0.2, -0.15) is 5.10 Å². The molecule has 0 unspecified atom stereocenters. The Kier molecular flexibility index (Phi) is 4.21. The molecule has 0 atom stereocenters. The monoisotopic (exact) mass is 366 g/mol. The van der Waals surface area contributed by atoms with Gasteiger partial charge >= 0.3 is 0 Å². The molecule has 2 aromatic heterocycles. The van der Waals surface area contributed by atoms with Crippen LogP contribution in [-0.4, -0.2) is 27.0 Å². The van der Waals surface area contributed by atoms with E-state index in [-0.39, 0.29) is 5.91 Å². The second-order valence-electron chi connectivity index (χ2n) is 9.60. The third-order valence-corrected chi connectivity index (χ3v) is 7.15. The first-order valence-electron chi connectivity index (χ1n) is 10.6. The fourth-order valence-corrected chi connectivity index (χ4v) is 6.59. The van der Waals surface area contributed by atoms with Crippen molar-refractivity contribution in [3.8, 4) is 0 Å². The molecule has 4 aliphatic rings. The third-order valence-electron chi connectivity index (χ3n) is 7.15. The van der Waals surface area contributed by atoms with Crippen LogP contribution in [0, 0.1) is 30.1 Å². The number of hydrogen-bond donors (Lipinski definition) is 1. The maximum absolute atomic E-state index is 12.6. The van der Waals surface area contributed by atoms with Gasteiger partial charge < -0.3 is 5.32 Å². The van der Waals surface area contributed by atoms with Crippen molar-refractivity contribution in [3.63, 3.8) is 0 Å². The number of nitrogens with zero attached hydrogens (tertiary/aromatic N) is 3. The highest BCUT2D eigenvalue weighted by molar-refractivity contribution is 5.76. The summed E-state index contributed by atoms with van der Waals surface area (Å²) in [4.78, 5) is 17.0. The van der Waals surface area contributed by atoms with Crippen LogP contribution in [-0.2, 0) is 11.2 Å². The first-order chi connectivity index (χ1) is 13.1. The molecule has 4 aliphatic carbocycles. The molecule has 0 aromatic carbocycles. The number of aromatic nitrogens is 3. The zero-order valence-electron chi connectivity index (χ0n) is 16.3. The molecule has 4 fully saturated rings. The van der Waals surface area contributed by atoms with Gasteiger partial charge in [-0.15, -0.1) is 0 Å². The Hall–Kier alpha value is -1.91. The third kappa shape index (κ3) is 3.48. The predicted octanol–water partition coefficient (Wildman–Crippen LogP) is 3.69. The zero-order chi connectivity index (χ0) is 18.4. The topological polar surface area (TPSA) is 59.3 Å². The smallest absolute Gasteiger partial charge is 0.220 e. The second kappa shape index (κ2) is 6.61. The van der Waals surface area contributed by atoms with E-state index in [0.29, 0.717) is 5.41 Å². The largest absolute Gasteiger partial charge is 0.356 e. The molecule has 4 bridgehead atoms. The van der Waals surface area contributed by atoms with Crippen LogP contribution >= 0.6 is 0 Å². The summed E-state index contributed by atoms with van der Waals surface area (Å²) in [6, 6.07) is 1.98. The Morgan fingerprint density at radius 3 is 2.63 bits per heavy atom. The lowest BCUT2D eigenvalue weighted by Crippen LogP contribution is -2.48. The molecule has 1 N–H and O–H groups in total. The van der Waals surface area contributed by atoms with Crippen molar-refractivity contribution in [2.24, 2.45) is 23.2 Å². The highest BCUT2D eigenvalue weighted by Gasteiger charge is 2.51. The van der Waals surface area contributed by atoms with Gasteiger partial charge in [-0.25, -0.2) is 9.50 Å². The molecule has 5 nitrogen and oxygen atoms in total. The van der Waals surface area contributed by atoms with E-state index in [9.17, 15) is 4.79 Å². The molecular formula is C22H30N4O. The SMILES string of the molecule is Cc1cc2ncc(CCCNC(=O)CC34CC5CC(CC(C5)C3)C4)cn2n1. The molecule has 5 heteroatoms. The molecule has 0 aliphatic heterocycles. The summed E-state index contributed by atoms with van der Waals surface area (Å²) in [5.41, 5.74) is 3.38. The van der Waals surface area contributed by atoms with Crippen LogP contribution in [0.3, 0.4) is 0 Å². The number of nitrogens with one attached hydrogen (secondary N) is 1. The van der Waals surface area contributed by atoms with E-state index in [1.165, 1.54) is 44.1 Å². The van der Waals surface area contributed by atoms with Crippen molar-refractivity contribution in [2.75, 3.05) is 6.54 Å². The normalized spacial score (nSPS) is 31.5. The standard InChI is InChI=1S/C22H30N4O/c1-15-5-20-24-13-16(14-26(20)25-15)3-2-4-23-21(27)12-22-9-17-6-18(10-22)8-19(7-17)11-22/h5,13-14,17-19H,2-4,6-12H2,1H3,(H,23,27). The Morgan fingerprint density at radius 2 is 1.93 bits per heavy atom. The number of amides is 1. The quantitative estimate of drug-likeness (QED) is 0.793. The van der Waals surface area contributed by atoms with E-state index < -0.39 is 0 Å². The Morgan fingerprint density at radius 1 is 1.22 bits per heavy atom. The summed E-state index contributed by atoms with van der Waals surface area (Å²) in [6.45, 7) is 2.73. The molecule has 0 radical (unpaired) electrons. The van der Waals surface area contributed by atoms with Crippen LogP contribution < -0.4 is 5.32 Å². The first kappa shape index (κ1) is 17.2. The molecule has 144 valence electrons. The van der Waals surface area contributed by atoms with Crippen LogP contribution in [0.4, 0.5) is 0 Å². The number of carbonyl (C=O) groups excluding carboxylic acids is 1. The van der Waals surface area contributed by atoms with Crippen molar-refractivity contribution >= 4 is 11.6 Å². The minimum absolute atomic E-state index is 0.272. The maximum Gasteiger partial charge on any atom is 0.220 e. The predicted molar refractivity (Wildman–Crippen MR) is 104 cm³/mol. The molecule has 4 saturated carbocycles. The van der Waals surface area contributed by atoms with E-state index in [1.54, 1.807) is 0 Å². The Labute approximate surface area is 160 Å². The van der Waals surface area contributed by atoms with E-state index in [4.69, 9.17) is 0 Å². The number of aryl methyl sites for hydroxylation is 2. The van der Waals surface area contributed by atoms with Crippen molar-refractivity contribution in [1.29, 1.82) is 0 Å². The molecule has 1 amide bonds. The van der Waals surface area contributed by atoms with Crippen LogP contribution in [0.5, 0.6) is 0 Å². The van der Waals surface area contributed by atoms with Crippen LogP contribution in [0.2, 0.25) is 0 Å². The molecule has 2 aromatic rings. The van der Waals surface area contributed by atoms with Gasteiger partial charge in [-0.1, -0.05) is 0 Å². The van der Waals surface area contributed by atoms with Gasteiger partial charge in [-0.05, 0) is 87.0 Å². The van der Waals surface area contributed by atoms with E-state index in [2.05, 4.69) is 15.4 Å².